The van der Waals surface area contributed by atoms with Crippen molar-refractivity contribution in [2.75, 3.05) is 11.9 Å². The predicted molar refractivity (Wildman–Crippen MR) is 86.4 cm³/mol. The third-order valence-corrected chi connectivity index (χ3v) is 3.67. The van der Waals surface area contributed by atoms with Crippen molar-refractivity contribution in [1.82, 2.24) is 4.90 Å². The van der Waals surface area contributed by atoms with Crippen molar-refractivity contribution in [3.8, 4) is 0 Å². The molecule has 1 aliphatic rings. The van der Waals surface area contributed by atoms with Crippen molar-refractivity contribution >= 4 is 23.4 Å². The number of imide groups is 1. The van der Waals surface area contributed by atoms with Gasteiger partial charge in [0.2, 0.25) is 0 Å². The highest BCUT2D eigenvalue weighted by molar-refractivity contribution is 6.22. The van der Waals surface area contributed by atoms with Crippen LogP contribution in [0.5, 0.6) is 0 Å². The molecule has 0 bridgehead atoms. The monoisotopic (exact) mass is 324 g/mol. The third kappa shape index (κ3) is 2.58. The van der Waals surface area contributed by atoms with Crippen LogP contribution in [0.1, 0.15) is 31.1 Å². The van der Waals surface area contributed by atoms with Gasteiger partial charge in [-0.1, -0.05) is 18.2 Å². The van der Waals surface area contributed by atoms with Crippen molar-refractivity contribution < 1.29 is 18.8 Å². The Morgan fingerprint density at radius 2 is 1.83 bits per heavy atom. The lowest BCUT2D eigenvalue weighted by Gasteiger charge is -2.09. The van der Waals surface area contributed by atoms with E-state index >= 15 is 0 Å². The third-order valence-electron chi connectivity index (χ3n) is 3.67. The molecule has 1 N–H and O–H groups in total. The largest absolute Gasteiger partial charge is 0.319 e. The van der Waals surface area contributed by atoms with E-state index in [1.165, 1.54) is 42.5 Å². The number of nitrogens with zero attached hydrogens (tertiary/aromatic N) is 1. The summed E-state index contributed by atoms with van der Waals surface area (Å²) in [5.74, 6) is -2.02. The van der Waals surface area contributed by atoms with Crippen LogP contribution >= 0.6 is 0 Å². The zero-order valence-corrected chi connectivity index (χ0v) is 12.6. The molecule has 3 rings (SSSR count). The molecule has 0 spiro atoms. The van der Waals surface area contributed by atoms with Gasteiger partial charge in [0.15, 0.2) is 0 Å². The molecule has 120 valence electrons. The van der Waals surface area contributed by atoms with Crippen molar-refractivity contribution in [1.29, 1.82) is 0 Å². The first-order chi connectivity index (χ1) is 11.5. The molecule has 0 atom stereocenters. The van der Waals surface area contributed by atoms with E-state index < -0.39 is 23.5 Å². The maximum Gasteiger partial charge on any atom is 0.261 e. The number of nitrogens with one attached hydrogen (secondary N) is 1. The summed E-state index contributed by atoms with van der Waals surface area (Å²) in [6.07, 6.45) is 1.45. The molecule has 2 aromatic rings. The van der Waals surface area contributed by atoms with E-state index in [0.717, 1.165) is 4.90 Å². The number of rotatable bonds is 4. The Hall–Kier alpha value is -3.28. The SMILES string of the molecule is C=CCN1C(=O)c2ccc(C(=O)Nc3ccccc3F)cc2C1=O. The van der Waals surface area contributed by atoms with Gasteiger partial charge in [-0.25, -0.2) is 4.39 Å². The van der Waals surface area contributed by atoms with E-state index in [1.54, 1.807) is 6.07 Å². The van der Waals surface area contributed by atoms with E-state index in [-0.39, 0.29) is 28.9 Å². The molecule has 0 fully saturated rings. The topological polar surface area (TPSA) is 66.5 Å². The maximum atomic E-state index is 13.6. The van der Waals surface area contributed by atoms with Gasteiger partial charge in [0.25, 0.3) is 17.7 Å². The van der Waals surface area contributed by atoms with Gasteiger partial charge >= 0.3 is 0 Å². The van der Waals surface area contributed by atoms with Crippen LogP contribution in [0.25, 0.3) is 0 Å². The molecule has 3 amide bonds. The van der Waals surface area contributed by atoms with Crippen LogP contribution < -0.4 is 5.32 Å². The van der Waals surface area contributed by atoms with Gasteiger partial charge < -0.3 is 5.32 Å². The number of anilines is 1. The smallest absolute Gasteiger partial charge is 0.261 e. The van der Waals surface area contributed by atoms with Gasteiger partial charge in [0, 0.05) is 12.1 Å². The van der Waals surface area contributed by atoms with E-state index in [1.807, 2.05) is 0 Å². The molecular weight excluding hydrogens is 311 g/mol. The lowest BCUT2D eigenvalue weighted by molar-refractivity contribution is 0.0672. The van der Waals surface area contributed by atoms with Crippen LogP contribution in [-0.2, 0) is 0 Å². The molecule has 2 aromatic carbocycles. The predicted octanol–water partition coefficient (Wildman–Crippen LogP) is 2.86. The van der Waals surface area contributed by atoms with E-state index in [2.05, 4.69) is 11.9 Å². The van der Waals surface area contributed by atoms with Gasteiger partial charge in [-0.2, -0.15) is 0 Å². The van der Waals surface area contributed by atoms with Gasteiger partial charge in [-0.15, -0.1) is 6.58 Å². The molecule has 0 aromatic heterocycles. The number of carbonyl (C=O) groups is 3. The molecule has 1 aliphatic heterocycles. The average Bonchev–Trinajstić information content (AvgIpc) is 2.82. The standard InChI is InChI=1S/C18H13FN2O3/c1-2-9-21-17(23)12-8-7-11(10-13(12)18(21)24)16(22)20-15-6-4-3-5-14(15)19/h2-8,10H,1,9H2,(H,20,22). The fourth-order valence-electron chi connectivity index (χ4n) is 2.48. The van der Waals surface area contributed by atoms with Gasteiger partial charge in [-0.05, 0) is 30.3 Å². The van der Waals surface area contributed by atoms with Gasteiger partial charge in [0.05, 0.1) is 16.8 Å². The fraction of sp³-hybridized carbons (Fsp3) is 0.0556. The van der Waals surface area contributed by atoms with E-state index in [9.17, 15) is 18.8 Å². The number of amides is 3. The number of para-hydroxylation sites is 1. The number of carbonyl (C=O) groups excluding carboxylic acids is 3. The van der Waals surface area contributed by atoms with Crippen molar-refractivity contribution in [2.24, 2.45) is 0 Å². The Bertz CT molecular complexity index is 876. The number of fused-ring (bicyclic) bond motifs is 1. The summed E-state index contributed by atoms with van der Waals surface area (Å²) in [7, 11) is 0. The molecule has 0 unspecified atom stereocenters. The molecule has 5 nitrogen and oxygen atoms in total. The number of benzene rings is 2. The van der Waals surface area contributed by atoms with E-state index in [4.69, 9.17) is 0 Å². The van der Waals surface area contributed by atoms with Crippen LogP contribution in [0, 0.1) is 5.82 Å². The summed E-state index contributed by atoms with van der Waals surface area (Å²) in [5, 5.41) is 2.44. The summed E-state index contributed by atoms with van der Waals surface area (Å²) < 4.78 is 13.6. The molecule has 24 heavy (non-hydrogen) atoms. The minimum atomic E-state index is -0.565. The van der Waals surface area contributed by atoms with Crippen LogP contribution in [0.2, 0.25) is 0 Å². The molecule has 0 saturated heterocycles. The minimum absolute atomic E-state index is 0.0404. The van der Waals surface area contributed by atoms with Crippen LogP contribution in [-0.4, -0.2) is 29.2 Å². The molecule has 0 aliphatic carbocycles. The molecule has 6 heteroatoms. The maximum absolute atomic E-state index is 13.6. The summed E-state index contributed by atoms with van der Waals surface area (Å²) >= 11 is 0. The van der Waals surface area contributed by atoms with Crippen molar-refractivity contribution in [2.45, 2.75) is 0 Å². The first-order valence-electron chi connectivity index (χ1n) is 7.20. The summed E-state index contributed by atoms with van der Waals surface area (Å²) in [4.78, 5) is 37.7. The minimum Gasteiger partial charge on any atom is -0.319 e. The number of hydrogen-bond donors (Lipinski definition) is 1. The van der Waals surface area contributed by atoms with Crippen molar-refractivity contribution in [3.63, 3.8) is 0 Å². The number of halogens is 1. The second-order valence-electron chi connectivity index (χ2n) is 5.20. The number of hydrogen-bond acceptors (Lipinski definition) is 3. The highest BCUT2D eigenvalue weighted by atomic mass is 19.1. The van der Waals surface area contributed by atoms with Crippen LogP contribution in [0.15, 0.2) is 55.1 Å². The normalized spacial score (nSPS) is 13.0. The first kappa shape index (κ1) is 15.6. The Labute approximate surface area is 137 Å². The summed E-state index contributed by atoms with van der Waals surface area (Å²) in [5.41, 5.74) is 0.601. The second-order valence-corrected chi connectivity index (χ2v) is 5.20. The molecular formula is C18H13FN2O3. The lowest BCUT2D eigenvalue weighted by atomic mass is 10.1. The lowest BCUT2D eigenvalue weighted by Crippen LogP contribution is -2.29. The van der Waals surface area contributed by atoms with Crippen molar-refractivity contribution in [3.05, 3.63) is 77.6 Å². The first-order valence-corrected chi connectivity index (χ1v) is 7.20. The Morgan fingerprint density at radius 3 is 2.54 bits per heavy atom. The second kappa shape index (κ2) is 6.08. The Kier molecular flexibility index (Phi) is 3.95. The molecule has 0 radical (unpaired) electrons. The quantitative estimate of drug-likeness (QED) is 0.695. The molecule has 1 heterocycles. The fourth-order valence-corrected chi connectivity index (χ4v) is 2.48. The highest BCUT2D eigenvalue weighted by Crippen LogP contribution is 2.24. The summed E-state index contributed by atoms with van der Waals surface area (Å²) in [6.45, 7) is 3.61. The van der Waals surface area contributed by atoms with Crippen LogP contribution in [0.3, 0.4) is 0 Å². The van der Waals surface area contributed by atoms with Gasteiger partial charge in [0.1, 0.15) is 5.82 Å². The molecule has 0 saturated carbocycles. The van der Waals surface area contributed by atoms with E-state index in [0.29, 0.717) is 0 Å². The average molecular weight is 324 g/mol. The zero-order chi connectivity index (χ0) is 17.3. The highest BCUT2D eigenvalue weighted by Gasteiger charge is 2.35. The van der Waals surface area contributed by atoms with Gasteiger partial charge in [-0.3, -0.25) is 19.3 Å². The van der Waals surface area contributed by atoms with Crippen LogP contribution in [0.4, 0.5) is 10.1 Å². The Balaban J connectivity index is 1.89. The Morgan fingerprint density at radius 1 is 1.12 bits per heavy atom. The summed E-state index contributed by atoms with van der Waals surface area (Å²) in [6, 6.07) is 9.96. The zero-order valence-electron chi connectivity index (χ0n) is 12.6.